The van der Waals surface area contributed by atoms with Gasteiger partial charge in [-0.25, -0.2) is 0 Å². The molecule has 156 valence electrons. The van der Waals surface area contributed by atoms with E-state index in [0.717, 1.165) is 47.5 Å². The fourth-order valence-corrected chi connectivity index (χ4v) is 8.00. The van der Waals surface area contributed by atoms with Gasteiger partial charge in [0.05, 0.1) is 7.11 Å². The number of ether oxygens (including phenoxy) is 1. The minimum Gasteiger partial charge on any atom is -0.497 e. The van der Waals surface area contributed by atoms with E-state index in [1.807, 2.05) is 12.1 Å². The molecule has 0 N–H and O–H groups in total. The number of fused-ring (bicyclic) bond motifs is 5. The van der Waals surface area contributed by atoms with Crippen LogP contribution in [0.3, 0.4) is 0 Å². The Hall–Kier alpha value is -1.57. The minimum absolute atomic E-state index is 0.128. The van der Waals surface area contributed by atoms with Gasteiger partial charge in [0.2, 0.25) is 0 Å². The van der Waals surface area contributed by atoms with Gasteiger partial charge in [0.1, 0.15) is 5.75 Å². The van der Waals surface area contributed by atoms with Gasteiger partial charge in [-0.2, -0.15) is 0 Å². The van der Waals surface area contributed by atoms with Crippen molar-refractivity contribution in [3.05, 3.63) is 35.4 Å². The number of methoxy groups -OCH3 is 1. The third kappa shape index (κ3) is 2.93. The molecule has 0 unspecified atom stereocenters. The summed E-state index contributed by atoms with van der Waals surface area (Å²) in [5, 5.41) is 0. The summed E-state index contributed by atoms with van der Waals surface area (Å²) in [5.41, 5.74) is 2.60. The maximum Gasteiger partial charge on any atom is 0.165 e. The van der Waals surface area contributed by atoms with Crippen molar-refractivity contribution < 1.29 is 9.53 Å². The first-order valence-corrected chi connectivity index (χ1v) is 11.8. The van der Waals surface area contributed by atoms with Crippen molar-refractivity contribution in [2.45, 2.75) is 71.6 Å². The van der Waals surface area contributed by atoms with Crippen LogP contribution >= 0.6 is 0 Å². The Bertz CT molecular complexity index is 821. The minimum atomic E-state index is -0.128. The molecule has 0 radical (unpaired) electrons. The van der Waals surface area contributed by atoms with Gasteiger partial charge in [-0.3, -0.25) is 4.79 Å². The molecule has 4 aliphatic rings. The fourth-order valence-electron chi connectivity index (χ4n) is 8.00. The Kier molecular flexibility index (Phi) is 4.68. The van der Waals surface area contributed by atoms with Crippen LogP contribution in [0.2, 0.25) is 0 Å². The predicted molar refractivity (Wildman–Crippen MR) is 118 cm³/mol. The summed E-state index contributed by atoms with van der Waals surface area (Å²) < 4.78 is 5.28. The number of benzene rings is 1. The number of allylic oxidation sites excluding steroid dienone is 1. The Morgan fingerprint density at radius 2 is 1.76 bits per heavy atom. The monoisotopic (exact) mass is 392 g/mol. The molecule has 6 atom stereocenters. The highest BCUT2D eigenvalue weighted by atomic mass is 16.5. The molecule has 29 heavy (non-hydrogen) atoms. The summed E-state index contributed by atoms with van der Waals surface area (Å²) in [6.45, 7) is 4.90. The second kappa shape index (κ2) is 7.00. The normalized spacial score (nSPS) is 42.9. The van der Waals surface area contributed by atoms with Crippen molar-refractivity contribution in [1.82, 2.24) is 0 Å². The summed E-state index contributed by atoms with van der Waals surface area (Å²) in [5.74, 6) is 4.39. The molecule has 0 aliphatic heterocycles. The number of carbonyl (C=O) groups excluding carboxylic acids is 1. The molecule has 1 aromatic rings. The zero-order valence-corrected chi connectivity index (χ0v) is 18.4. The number of ketones is 1. The molecule has 0 bridgehead atoms. The van der Waals surface area contributed by atoms with Crippen LogP contribution in [0.5, 0.6) is 5.75 Å². The Balaban J connectivity index is 1.43. The number of hydrogen-bond acceptors (Lipinski definition) is 2. The molecule has 4 saturated carbocycles. The third-order valence-electron chi connectivity index (χ3n) is 9.68. The van der Waals surface area contributed by atoms with Gasteiger partial charge in [-0.1, -0.05) is 38.8 Å². The molecule has 0 aromatic heterocycles. The fraction of sp³-hybridized carbons (Fsp3) is 0.667. The van der Waals surface area contributed by atoms with E-state index < -0.39 is 0 Å². The first kappa shape index (κ1) is 19.4. The summed E-state index contributed by atoms with van der Waals surface area (Å²) in [6, 6.07) is 8.12. The lowest BCUT2D eigenvalue weighted by molar-refractivity contribution is -0.137. The van der Waals surface area contributed by atoms with Crippen molar-refractivity contribution in [1.29, 1.82) is 0 Å². The summed E-state index contributed by atoms with van der Waals surface area (Å²) >= 11 is 0. The SMILES string of the molecule is COc1ccc(/C=C2/C[C@@H]3[C@H]4CC[C@H]5CCCC[C@]5(C)[C@@H]4CC[C@]3(C)C2=O)cc1. The maximum absolute atomic E-state index is 13.5. The standard InChI is InChI=1S/C27H36O2/c1-26-14-5-4-6-20(26)9-12-22-23(26)13-15-27(2)24(22)17-19(25(27)28)16-18-7-10-21(29-3)11-8-18/h7-8,10-11,16,20,22-24H,4-6,9,12-15,17H2,1-3H3/b19-16-/t20-,22+,23-,24-,26+,27+/m1/s1. The van der Waals surface area contributed by atoms with Gasteiger partial charge in [0, 0.05) is 5.41 Å². The average molecular weight is 393 g/mol. The van der Waals surface area contributed by atoms with E-state index in [9.17, 15) is 4.79 Å². The van der Waals surface area contributed by atoms with E-state index in [1.165, 1.54) is 44.9 Å². The Labute approximate surface area is 176 Å². The van der Waals surface area contributed by atoms with Gasteiger partial charge in [0.25, 0.3) is 0 Å². The lowest BCUT2D eigenvalue weighted by Crippen LogP contribution is -2.52. The number of rotatable bonds is 2. The molecule has 1 aromatic carbocycles. The van der Waals surface area contributed by atoms with Crippen LogP contribution < -0.4 is 4.74 Å². The van der Waals surface area contributed by atoms with Gasteiger partial charge in [0.15, 0.2) is 5.78 Å². The van der Waals surface area contributed by atoms with Crippen LogP contribution in [0.25, 0.3) is 6.08 Å². The first-order valence-electron chi connectivity index (χ1n) is 11.8. The Morgan fingerprint density at radius 1 is 0.966 bits per heavy atom. The van der Waals surface area contributed by atoms with Crippen molar-refractivity contribution in [3.63, 3.8) is 0 Å². The van der Waals surface area contributed by atoms with Crippen molar-refractivity contribution in [3.8, 4) is 5.75 Å². The number of Topliss-reactive ketones (excluding diaryl/α,β-unsaturated/α-hetero) is 1. The first-order chi connectivity index (χ1) is 14.0. The van der Waals surface area contributed by atoms with E-state index in [4.69, 9.17) is 4.74 Å². The topological polar surface area (TPSA) is 26.3 Å². The molecular formula is C27H36O2. The molecule has 0 heterocycles. The molecule has 2 nitrogen and oxygen atoms in total. The highest BCUT2D eigenvalue weighted by molar-refractivity contribution is 6.05. The van der Waals surface area contributed by atoms with E-state index in [0.29, 0.717) is 17.1 Å². The second-order valence-corrected chi connectivity index (χ2v) is 10.8. The Morgan fingerprint density at radius 3 is 2.52 bits per heavy atom. The molecule has 0 amide bonds. The summed E-state index contributed by atoms with van der Waals surface area (Å²) in [6.07, 6.45) is 14.0. The molecular weight excluding hydrogens is 356 g/mol. The van der Waals surface area contributed by atoms with Crippen LogP contribution in [0.1, 0.15) is 77.2 Å². The quantitative estimate of drug-likeness (QED) is 0.524. The number of hydrogen-bond donors (Lipinski definition) is 0. The summed E-state index contributed by atoms with van der Waals surface area (Å²) in [4.78, 5) is 13.5. The van der Waals surface area contributed by atoms with Gasteiger partial charge >= 0.3 is 0 Å². The lowest BCUT2D eigenvalue weighted by Gasteiger charge is -2.59. The van der Waals surface area contributed by atoms with E-state index in [-0.39, 0.29) is 5.41 Å². The van der Waals surface area contributed by atoms with Gasteiger partial charge in [-0.15, -0.1) is 0 Å². The molecule has 0 spiro atoms. The molecule has 5 rings (SSSR count). The van der Waals surface area contributed by atoms with Crippen molar-refractivity contribution in [2.24, 2.45) is 34.5 Å². The van der Waals surface area contributed by atoms with E-state index >= 15 is 0 Å². The lowest BCUT2D eigenvalue weighted by atomic mass is 9.45. The van der Waals surface area contributed by atoms with E-state index in [1.54, 1.807) is 7.11 Å². The largest absolute Gasteiger partial charge is 0.497 e. The number of carbonyl (C=O) groups is 1. The molecule has 2 heteroatoms. The highest BCUT2D eigenvalue weighted by Crippen LogP contribution is 2.66. The molecule has 4 fully saturated rings. The predicted octanol–water partition coefficient (Wildman–Crippen LogP) is 6.69. The second-order valence-electron chi connectivity index (χ2n) is 10.8. The van der Waals surface area contributed by atoms with Crippen molar-refractivity contribution >= 4 is 11.9 Å². The van der Waals surface area contributed by atoms with Crippen LogP contribution in [0.15, 0.2) is 29.8 Å². The van der Waals surface area contributed by atoms with Crippen LogP contribution in [0.4, 0.5) is 0 Å². The van der Waals surface area contributed by atoms with Crippen LogP contribution in [-0.4, -0.2) is 12.9 Å². The zero-order valence-electron chi connectivity index (χ0n) is 18.4. The van der Waals surface area contributed by atoms with Gasteiger partial charge in [-0.05, 0) is 103 Å². The van der Waals surface area contributed by atoms with Crippen LogP contribution in [0, 0.1) is 34.5 Å². The van der Waals surface area contributed by atoms with Crippen molar-refractivity contribution in [2.75, 3.05) is 7.11 Å². The molecule has 4 aliphatic carbocycles. The smallest absolute Gasteiger partial charge is 0.165 e. The average Bonchev–Trinajstić information content (AvgIpc) is 2.99. The molecule has 0 saturated heterocycles. The van der Waals surface area contributed by atoms with Crippen LogP contribution in [-0.2, 0) is 4.79 Å². The third-order valence-corrected chi connectivity index (χ3v) is 9.68. The maximum atomic E-state index is 13.5. The summed E-state index contributed by atoms with van der Waals surface area (Å²) in [7, 11) is 1.69. The van der Waals surface area contributed by atoms with E-state index in [2.05, 4.69) is 32.1 Å². The zero-order chi connectivity index (χ0) is 20.2. The highest BCUT2D eigenvalue weighted by Gasteiger charge is 2.60. The van der Waals surface area contributed by atoms with Gasteiger partial charge < -0.3 is 4.74 Å².